The fourth-order valence-corrected chi connectivity index (χ4v) is 3.07. The molecule has 0 radical (unpaired) electrons. The van der Waals surface area contributed by atoms with E-state index in [2.05, 4.69) is 4.90 Å². The van der Waals surface area contributed by atoms with Crippen LogP contribution >= 0.6 is 24.8 Å². The third kappa shape index (κ3) is 4.10. The summed E-state index contributed by atoms with van der Waals surface area (Å²) in [7, 11) is 0. The molecule has 4 rings (SSSR count). The molecule has 7 heteroatoms. The Bertz CT molecular complexity index is 493. The van der Waals surface area contributed by atoms with E-state index in [1.807, 2.05) is 0 Å². The maximum absolute atomic E-state index is 12.9. The second kappa shape index (κ2) is 8.11. The Morgan fingerprint density at radius 1 is 1.23 bits per heavy atom. The number of carbonyl (C=O) groups is 1. The summed E-state index contributed by atoms with van der Waals surface area (Å²) < 4.78 is 18.4. The summed E-state index contributed by atoms with van der Waals surface area (Å²) in [6.45, 7) is 3.01. The number of piperidine rings is 3. The van der Waals surface area contributed by atoms with Crippen LogP contribution in [-0.2, 0) is 9.53 Å². The van der Waals surface area contributed by atoms with Gasteiger partial charge < -0.3 is 10.5 Å². The van der Waals surface area contributed by atoms with E-state index in [-0.39, 0.29) is 36.7 Å². The predicted octanol–water partition coefficient (Wildman–Crippen LogP) is 2.31. The van der Waals surface area contributed by atoms with Crippen molar-refractivity contribution in [2.75, 3.05) is 19.6 Å². The SMILES string of the molecule is Cl.Cl.NC(C(=O)OC1CN2CCC1CC2)c1ccc(F)cc1. The van der Waals surface area contributed by atoms with Gasteiger partial charge in [0.15, 0.2) is 0 Å². The molecule has 3 aliphatic heterocycles. The smallest absolute Gasteiger partial charge is 0.327 e. The first kappa shape index (κ1) is 19.2. The van der Waals surface area contributed by atoms with Crippen molar-refractivity contribution in [1.82, 2.24) is 4.90 Å². The Labute approximate surface area is 142 Å². The van der Waals surface area contributed by atoms with Gasteiger partial charge in [-0.05, 0) is 49.5 Å². The average Bonchev–Trinajstić information content (AvgIpc) is 2.48. The lowest BCUT2D eigenvalue weighted by Gasteiger charge is -2.44. The normalized spacial score (nSPS) is 27.3. The fraction of sp³-hybridized carbons (Fsp3) is 0.533. The van der Waals surface area contributed by atoms with Crippen LogP contribution < -0.4 is 5.73 Å². The largest absolute Gasteiger partial charge is 0.459 e. The number of ether oxygens (including phenoxy) is 1. The highest BCUT2D eigenvalue weighted by Gasteiger charge is 2.37. The summed E-state index contributed by atoms with van der Waals surface area (Å²) in [5, 5.41) is 0. The number of benzene rings is 1. The Kier molecular flexibility index (Phi) is 7.06. The van der Waals surface area contributed by atoms with Crippen LogP contribution in [0.1, 0.15) is 24.4 Å². The molecule has 1 aromatic carbocycles. The molecule has 2 atom stereocenters. The third-order valence-corrected chi connectivity index (χ3v) is 4.35. The van der Waals surface area contributed by atoms with E-state index in [9.17, 15) is 9.18 Å². The first-order valence-corrected chi connectivity index (χ1v) is 7.07. The van der Waals surface area contributed by atoms with Gasteiger partial charge in [0.05, 0.1) is 0 Å². The minimum absolute atomic E-state index is 0. The molecule has 4 nitrogen and oxygen atoms in total. The highest BCUT2D eigenvalue weighted by molar-refractivity contribution is 5.85. The molecule has 0 spiro atoms. The quantitative estimate of drug-likeness (QED) is 0.850. The van der Waals surface area contributed by atoms with Crippen molar-refractivity contribution in [1.29, 1.82) is 0 Å². The summed E-state index contributed by atoms with van der Waals surface area (Å²) in [5.74, 6) is -0.300. The number of halogens is 3. The van der Waals surface area contributed by atoms with Crippen molar-refractivity contribution in [2.45, 2.75) is 25.0 Å². The fourth-order valence-electron chi connectivity index (χ4n) is 3.07. The third-order valence-electron chi connectivity index (χ3n) is 4.35. The Hall–Kier alpha value is -0.880. The zero-order chi connectivity index (χ0) is 14.1. The summed E-state index contributed by atoms with van der Waals surface area (Å²) in [4.78, 5) is 14.4. The van der Waals surface area contributed by atoms with Crippen molar-refractivity contribution in [2.24, 2.45) is 11.7 Å². The number of hydrogen-bond donors (Lipinski definition) is 1. The number of carbonyl (C=O) groups excluding carboxylic acids is 1. The maximum Gasteiger partial charge on any atom is 0.327 e. The molecule has 2 N–H and O–H groups in total. The minimum atomic E-state index is -0.842. The van der Waals surface area contributed by atoms with Crippen LogP contribution in [0.3, 0.4) is 0 Å². The van der Waals surface area contributed by atoms with Crippen LogP contribution in [0.2, 0.25) is 0 Å². The molecule has 2 bridgehead atoms. The van der Waals surface area contributed by atoms with E-state index in [1.165, 1.54) is 24.3 Å². The van der Waals surface area contributed by atoms with Crippen LogP contribution in [0, 0.1) is 11.7 Å². The van der Waals surface area contributed by atoms with Gasteiger partial charge in [0, 0.05) is 6.54 Å². The Morgan fingerprint density at radius 2 is 1.82 bits per heavy atom. The predicted molar refractivity (Wildman–Crippen MR) is 86.9 cm³/mol. The first-order valence-electron chi connectivity index (χ1n) is 7.07. The molecule has 1 aromatic rings. The van der Waals surface area contributed by atoms with Crippen LogP contribution in [0.25, 0.3) is 0 Å². The van der Waals surface area contributed by atoms with Gasteiger partial charge in [-0.15, -0.1) is 24.8 Å². The number of rotatable bonds is 3. The van der Waals surface area contributed by atoms with Crippen LogP contribution in [0.15, 0.2) is 24.3 Å². The molecular formula is C15H21Cl2FN2O2. The lowest BCUT2D eigenvalue weighted by Crippen LogP contribution is -2.52. The first-order chi connectivity index (χ1) is 9.63. The van der Waals surface area contributed by atoms with Gasteiger partial charge >= 0.3 is 5.97 Å². The van der Waals surface area contributed by atoms with Gasteiger partial charge in [-0.2, -0.15) is 0 Å². The van der Waals surface area contributed by atoms with E-state index >= 15 is 0 Å². The minimum Gasteiger partial charge on any atom is -0.459 e. The zero-order valence-electron chi connectivity index (χ0n) is 12.1. The van der Waals surface area contributed by atoms with Gasteiger partial charge in [0.1, 0.15) is 18.0 Å². The summed E-state index contributed by atoms with van der Waals surface area (Å²) in [6.07, 6.45) is 2.13. The molecule has 3 aliphatic rings. The van der Waals surface area contributed by atoms with Crippen molar-refractivity contribution in [3.63, 3.8) is 0 Å². The van der Waals surface area contributed by atoms with Crippen LogP contribution in [-0.4, -0.2) is 36.6 Å². The standard InChI is InChI=1S/C15H19FN2O2.2ClH/c16-12-3-1-11(2-4-12)14(17)15(19)20-13-9-18-7-5-10(13)6-8-18;;/h1-4,10,13-14H,5-9,17H2;2*1H. The van der Waals surface area contributed by atoms with E-state index < -0.39 is 12.0 Å². The van der Waals surface area contributed by atoms with E-state index in [0.717, 1.165) is 32.5 Å². The van der Waals surface area contributed by atoms with Gasteiger partial charge in [0.25, 0.3) is 0 Å². The number of fused-ring (bicyclic) bond motifs is 3. The molecule has 3 heterocycles. The summed E-state index contributed by atoms with van der Waals surface area (Å²) in [6, 6.07) is 4.81. The van der Waals surface area contributed by atoms with Crippen molar-refractivity contribution >= 4 is 30.8 Å². The molecule has 124 valence electrons. The lowest BCUT2D eigenvalue weighted by molar-refractivity contribution is -0.160. The second-order valence-corrected chi connectivity index (χ2v) is 5.64. The van der Waals surface area contributed by atoms with Gasteiger partial charge in [-0.3, -0.25) is 4.90 Å². The van der Waals surface area contributed by atoms with Gasteiger partial charge in [0.2, 0.25) is 0 Å². The van der Waals surface area contributed by atoms with Crippen molar-refractivity contribution in [3.8, 4) is 0 Å². The van der Waals surface area contributed by atoms with Crippen LogP contribution in [0.4, 0.5) is 4.39 Å². The molecule has 0 saturated carbocycles. The molecule has 3 saturated heterocycles. The monoisotopic (exact) mass is 350 g/mol. The van der Waals surface area contributed by atoms with Crippen LogP contribution in [0.5, 0.6) is 0 Å². The Balaban J connectivity index is 0.00000121. The molecule has 2 unspecified atom stereocenters. The molecule has 22 heavy (non-hydrogen) atoms. The average molecular weight is 351 g/mol. The number of hydrogen-bond acceptors (Lipinski definition) is 4. The zero-order valence-corrected chi connectivity index (χ0v) is 13.7. The topological polar surface area (TPSA) is 55.6 Å². The van der Waals surface area contributed by atoms with Crippen molar-refractivity contribution in [3.05, 3.63) is 35.6 Å². The Morgan fingerprint density at radius 3 is 2.32 bits per heavy atom. The van der Waals surface area contributed by atoms with E-state index in [0.29, 0.717) is 11.5 Å². The summed E-state index contributed by atoms with van der Waals surface area (Å²) in [5.41, 5.74) is 6.47. The maximum atomic E-state index is 12.9. The van der Waals surface area contributed by atoms with Crippen molar-refractivity contribution < 1.29 is 13.9 Å². The molecule has 0 aliphatic carbocycles. The summed E-state index contributed by atoms with van der Waals surface area (Å²) >= 11 is 0. The molecule has 0 aromatic heterocycles. The van der Waals surface area contributed by atoms with Gasteiger partial charge in [-0.1, -0.05) is 12.1 Å². The van der Waals surface area contributed by atoms with Gasteiger partial charge in [-0.25, -0.2) is 9.18 Å². The molecule has 0 amide bonds. The molecule has 3 fully saturated rings. The molecular weight excluding hydrogens is 330 g/mol. The number of nitrogens with two attached hydrogens (primary N) is 1. The highest BCUT2D eigenvalue weighted by atomic mass is 35.5. The lowest BCUT2D eigenvalue weighted by atomic mass is 9.86. The van der Waals surface area contributed by atoms with E-state index in [1.54, 1.807) is 0 Å². The second-order valence-electron chi connectivity index (χ2n) is 5.64. The van der Waals surface area contributed by atoms with E-state index in [4.69, 9.17) is 10.5 Å². The number of esters is 1. The number of nitrogens with zero attached hydrogens (tertiary/aromatic N) is 1. The highest BCUT2D eigenvalue weighted by Crippen LogP contribution is 2.30.